The zero-order valence-corrected chi connectivity index (χ0v) is 12.8. The van der Waals surface area contributed by atoms with E-state index < -0.39 is 0 Å². The molecule has 2 aromatic rings. The minimum Gasteiger partial charge on any atom is -0.293 e. The van der Waals surface area contributed by atoms with Crippen molar-refractivity contribution in [3.8, 4) is 0 Å². The van der Waals surface area contributed by atoms with Gasteiger partial charge < -0.3 is 0 Å². The van der Waals surface area contributed by atoms with Crippen molar-refractivity contribution in [3.05, 3.63) is 71.8 Å². The first-order chi connectivity index (χ1) is 9.78. The summed E-state index contributed by atoms with van der Waals surface area (Å²) in [4.78, 5) is 2.42. The van der Waals surface area contributed by atoms with E-state index >= 15 is 0 Å². The molecule has 2 heteroatoms. The predicted molar refractivity (Wildman–Crippen MR) is 86.9 cm³/mol. The molecule has 0 amide bonds. The van der Waals surface area contributed by atoms with E-state index in [1.165, 1.54) is 11.1 Å². The van der Waals surface area contributed by atoms with Gasteiger partial charge in [-0.2, -0.15) is 0 Å². The van der Waals surface area contributed by atoms with Crippen LogP contribution >= 0.6 is 11.6 Å². The van der Waals surface area contributed by atoms with Gasteiger partial charge in [-0.05, 0) is 17.5 Å². The lowest BCUT2D eigenvalue weighted by molar-refractivity contribution is 0.255. The summed E-state index contributed by atoms with van der Waals surface area (Å²) >= 11 is 6.35. The molecule has 0 bridgehead atoms. The molecule has 0 heterocycles. The van der Waals surface area contributed by atoms with E-state index in [1.54, 1.807) is 0 Å². The van der Waals surface area contributed by atoms with Crippen LogP contribution in [0.3, 0.4) is 0 Å². The molecule has 0 fully saturated rings. The highest BCUT2D eigenvalue weighted by Gasteiger charge is 2.11. The molecule has 0 unspecified atom stereocenters. The van der Waals surface area contributed by atoms with Crippen LogP contribution in [0.2, 0.25) is 0 Å². The van der Waals surface area contributed by atoms with Crippen molar-refractivity contribution in [1.29, 1.82) is 0 Å². The summed E-state index contributed by atoms with van der Waals surface area (Å²) in [7, 11) is 0. The molecule has 0 radical (unpaired) electrons. The second-order valence-electron chi connectivity index (χ2n) is 5.15. The summed E-state index contributed by atoms with van der Waals surface area (Å²) in [5.41, 5.74) is 2.67. The molecular weight excluding hydrogens is 266 g/mol. The van der Waals surface area contributed by atoms with Crippen LogP contribution in [0.5, 0.6) is 0 Å². The molecule has 0 saturated carbocycles. The van der Waals surface area contributed by atoms with Crippen LogP contribution in [0.25, 0.3) is 0 Å². The summed E-state index contributed by atoms with van der Waals surface area (Å²) in [5.74, 6) is 0. The van der Waals surface area contributed by atoms with E-state index in [0.29, 0.717) is 0 Å². The Morgan fingerprint density at radius 3 is 1.70 bits per heavy atom. The van der Waals surface area contributed by atoms with Crippen LogP contribution < -0.4 is 0 Å². The van der Waals surface area contributed by atoms with E-state index in [0.717, 1.165) is 26.1 Å². The quantitative estimate of drug-likeness (QED) is 0.667. The Balaban J connectivity index is 2.04. The molecule has 0 saturated heterocycles. The fourth-order valence-electron chi connectivity index (χ4n) is 2.28. The van der Waals surface area contributed by atoms with Gasteiger partial charge in [0.15, 0.2) is 0 Å². The van der Waals surface area contributed by atoms with Crippen molar-refractivity contribution in [2.75, 3.05) is 6.54 Å². The van der Waals surface area contributed by atoms with Crippen molar-refractivity contribution >= 4 is 11.6 Å². The highest BCUT2D eigenvalue weighted by molar-refractivity contribution is 6.20. The van der Waals surface area contributed by atoms with Crippen LogP contribution in [-0.2, 0) is 13.1 Å². The largest absolute Gasteiger partial charge is 0.293 e. The van der Waals surface area contributed by atoms with Gasteiger partial charge >= 0.3 is 0 Å². The summed E-state index contributed by atoms with van der Waals surface area (Å²) in [6.07, 6.45) is 1.00. The second-order valence-corrected chi connectivity index (χ2v) is 5.76. The van der Waals surface area contributed by atoms with E-state index in [9.17, 15) is 0 Å². The fourth-order valence-corrected chi connectivity index (χ4v) is 2.47. The summed E-state index contributed by atoms with van der Waals surface area (Å²) < 4.78 is 0. The van der Waals surface area contributed by atoms with Crippen LogP contribution in [0.1, 0.15) is 24.5 Å². The lowest BCUT2D eigenvalue weighted by atomic mass is 10.1. The zero-order valence-electron chi connectivity index (χ0n) is 12.0. The molecule has 0 aliphatic heterocycles. The Labute approximate surface area is 127 Å². The average molecular weight is 288 g/mol. The van der Waals surface area contributed by atoms with Gasteiger partial charge in [0, 0.05) is 25.0 Å². The highest BCUT2D eigenvalue weighted by atomic mass is 35.5. The van der Waals surface area contributed by atoms with Crippen LogP contribution in [0, 0.1) is 0 Å². The predicted octanol–water partition coefficient (Wildman–Crippen LogP) is 4.71. The van der Waals surface area contributed by atoms with Crippen LogP contribution in [0.4, 0.5) is 0 Å². The number of rotatable bonds is 7. The van der Waals surface area contributed by atoms with Crippen molar-refractivity contribution in [1.82, 2.24) is 4.90 Å². The monoisotopic (exact) mass is 287 g/mol. The standard InChI is InChI=1S/C18H22ClN/c1-2-18(19)15-20(13-16-9-5-3-6-10-16)14-17-11-7-4-8-12-17/h3-12,18H,2,13-15H2,1H3/t18-/m0/s1. The van der Waals surface area contributed by atoms with Gasteiger partial charge in [0.1, 0.15) is 0 Å². The molecule has 0 aliphatic carbocycles. The minimum absolute atomic E-state index is 0.211. The minimum atomic E-state index is 0.211. The molecule has 0 aliphatic rings. The Hall–Kier alpha value is -1.31. The molecule has 0 aromatic heterocycles. The highest BCUT2D eigenvalue weighted by Crippen LogP contribution is 2.13. The van der Waals surface area contributed by atoms with E-state index in [4.69, 9.17) is 11.6 Å². The maximum absolute atomic E-state index is 6.35. The molecule has 2 aromatic carbocycles. The molecule has 1 nitrogen and oxygen atoms in total. The topological polar surface area (TPSA) is 3.24 Å². The van der Waals surface area contributed by atoms with Gasteiger partial charge in [-0.3, -0.25) is 4.90 Å². The first kappa shape index (κ1) is 15.1. The maximum Gasteiger partial charge on any atom is 0.0460 e. The smallest absolute Gasteiger partial charge is 0.0460 e. The number of hydrogen-bond acceptors (Lipinski definition) is 1. The number of benzene rings is 2. The van der Waals surface area contributed by atoms with Gasteiger partial charge in [0.25, 0.3) is 0 Å². The number of nitrogens with zero attached hydrogens (tertiary/aromatic N) is 1. The number of hydrogen-bond donors (Lipinski definition) is 0. The van der Waals surface area contributed by atoms with Gasteiger partial charge in [-0.15, -0.1) is 11.6 Å². The Morgan fingerprint density at radius 1 is 0.850 bits per heavy atom. The second kappa shape index (κ2) is 8.08. The molecule has 0 spiro atoms. The summed E-state index contributed by atoms with van der Waals surface area (Å²) in [5, 5.41) is 0.211. The third kappa shape index (κ3) is 4.99. The fraction of sp³-hybridized carbons (Fsp3) is 0.333. The zero-order chi connectivity index (χ0) is 14.2. The number of alkyl halides is 1. The molecule has 2 rings (SSSR count). The Morgan fingerprint density at radius 2 is 1.30 bits per heavy atom. The summed E-state index contributed by atoms with van der Waals surface area (Å²) in [6.45, 7) is 4.95. The Bertz CT molecular complexity index is 442. The van der Waals surface area contributed by atoms with E-state index in [1.807, 2.05) is 0 Å². The third-order valence-electron chi connectivity index (χ3n) is 3.40. The van der Waals surface area contributed by atoms with Gasteiger partial charge in [-0.25, -0.2) is 0 Å². The third-order valence-corrected chi connectivity index (χ3v) is 3.84. The van der Waals surface area contributed by atoms with Crippen LogP contribution in [-0.4, -0.2) is 16.8 Å². The van der Waals surface area contributed by atoms with Crippen molar-refractivity contribution in [3.63, 3.8) is 0 Å². The normalized spacial score (nSPS) is 12.6. The lowest BCUT2D eigenvalue weighted by Gasteiger charge is -2.24. The van der Waals surface area contributed by atoms with E-state index in [2.05, 4.69) is 72.5 Å². The maximum atomic E-state index is 6.35. The van der Waals surface area contributed by atoms with Gasteiger partial charge in [-0.1, -0.05) is 67.6 Å². The van der Waals surface area contributed by atoms with Crippen LogP contribution in [0.15, 0.2) is 60.7 Å². The molecule has 0 N–H and O–H groups in total. The molecular formula is C18H22ClN. The van der Waals surface area contributed by atoms with E-state index in [-0.39, 0.29) is 5.38 Å². The SMILES string of the molecule is CC[C@H](Cl)CN(Cc1ccccc1)Cc1ccccc1. The van der Waals surface area contributed by atoms with Crippen molar-refractivity contribution < 1.29 is 0 Å². The van der Waals surface area contributed by atoms with Crippen molar-refractivity contribution in [2.45, 2.75) is 31.8 Å². The molecule has 106 valence electrons. The number of halogens is 1. The average Bonchev–Trinajstić information content (AvgIpc) is 2.49. The molecule has 20 heavy (non-hydrogen) atoms. The van der Waals surface area contributed by atoms with Gasteiger partial charge in [0.05, 0.1) is 0 Å². The Kier molecular flexibility index (Phi) is 6.10. The summed E-state index contributed by atoms with van der Waals surface area (Å²) in [6, 6.07) is 21.2. The first-order valence-electron chi connectivity index (χ1n) is 7.22. The van der Waals surface area contributed by atoms with Gasteiger partial charge in [0.2, 0.25) is 0 Å². The molecule has 1 atom stereocenters. The van der Waals surface area contributed by atoms with Crippen molar-refractivity contribution in [2.24, 2.45) is 0 Å². The lowest BCUT2D eigenvalue weighted by Crippen LogP contribution is -2.29. The first-order valence-corrected chi connectivity index (χ1v) is 7.66.